The lowest BCUT2D eigenvalue weighted by molar-refractivity contribution is -0.143. The summed E-state index contributed by atoms with van der Waals surface area (Å²) in [7, 11) is 0. The van der Waals surface area contributed by atoms with Crippen LogP contribution in [0.3, 0.4) is 0 Å². The van der Waals surface area contributed by atoms with Crippen molar-refractivity contribution >= 4 is 304 Å². The summed E-state index contributed by atoms with van der Waals surface area (Å²) in [5.41, 5.74) is 6.36. The third-order valence-electron chi connectivity index (χ3n) is 26.6. The molecule has 79 heavy (non-hydrogen) atoms. The van der Waals surface area contributed by atoms with Gasteiger partial charge in [0.25, 0.3) is 5.91 Å². The van der Waals surface area contributed by atoms with E-state index in [0.29, 0.717) is 11.3 Å². The molecule has 2 amide bonds. The van der Waals surface area contributed by atoms with Crippen LogP contribution in [0, 0.1) is 0 Å². The van der Waals surface area contributed by atoms with E-state index in [9.17, 15) is 15.0 Å². The molecule has 3 N–H and O–H groups in total. The van der Waals surface area contributed by atoms with E-state index < -0.39 is 35.4 Å². The second-order valence-electron chi connectivity index (χ2n) is 27.4. The average molecular weight is 985 g/mol. The standard InChI is InChI=1S/C72H12N2O5/c75-5-9(76)73-8-3-1-7(2-4-8)69(77)74-6-71-62-54-45-38-25-18-12-13-15-11-10-14(12)23(25)29-27-16(10)20-17(11)28-30-24(15)26-19(13)22-21(18)32-40-33(22)42-39(26)46-44(30)48-35(28)37-31(20)36-34(27)47(43(29)45)58(62)60-49(36)50(37)61-59(48)63-55(46)52(42)57-53(40)56(51(54)41(32)38)64(71)66(57)72(63,67(61)65(60)71)68(74)70(78)79/h1-4,68,75H,5-6H2,(H,73,76)(H,78,79). The van der Waals surface area contributed by atoms with Crippen molar-refractivity contribution in [1.82, 2.24) is 4.90 Å². The van der Waals surface area contributed by atoms with E-state index >= 15 is 9.59 Å². The van der Waals surface area contributed by atoms with Gasteiger partial charge in [-0.05, 0) is 338 Å². The lowest BCUT2D eigenvalue weighted by atomic mass is 9.53. The van der Waals surface area contributed by atoms with E-state index in [1.165, 1.54) is 308 Å². The lowest BCUT2D eigenvalue weighted by Gasteiger charge is -2.46. The lowest BCUT2D eigenvalue weighted by Crippen LogP contribution is -2.57. The zero-order valence-electron chi connectivity index (χ0n) is 39.9. The second-order valence-corrected chi connectivity index (χ2v) is 27.4. The molecule has 28 aromatic rings. The van der Waals surface area contributed by atoms with Crippen molar-refractivity contribution in [1.29, 1.82) is 0 Å². The molecule has 2 spiro atoms. The molecule has 7 heteroatoms. The van der Waals surface area contributed by atoms with Gasteiger partial charge < -0.3 is 20.4 Å². The zero-order valence-corrected chi connectivity index (χ0v) is 39.9. The van der Waals surface area contributed by atoms with E-state index in [4.69, 9.17) is 0 Å². The topological polar surface area (TPSA) is 107 Å². The summed E-state index contributed by atoms with van der Waals surface area (Å²) < 4.78 is 0. The van der Waals surface area contributed by atoms with Gasteiger partial charge in [0.1, 0.15) is 12.6 Å². The predicted molar refractivity (Wildman–Crippen MR) is 317 cm³/mol. The Kier molecular flexibility index (Phi) is 2.91. The molecule has 0 fully saturated rings. The normalized spacial score (nSPS) is 22.1. The van der Waals surface area contributed by atoms with Gasteiger partial charge in [0.05, 0.1) is 10.8 Å². The van der Waals surface area contributed by atoms with E-state index in [0.717, 1.165) is 0 Å². The number of rotatable bonds is 4. The number of amides is 2. The van der Waals surface area contributed by atoms with Gasteiger partial charge in [-0.3, -0.25) is 9.59 Å². The fourth-order valence-electron chi connectivity index (χ4n) is 26.3. The first kappa shape index (κ1) is 31.3. The van der Waals surface area contributed by atoms with Crippen molar-refractivity contribution in [2.45, 2.75) is 16.9 Å². The Balaban J connectivity index is 1.02. The minimum Gasteiger partial charge on any atom is -0.480 e. The van der Waals surface area contributed by atoms with Gasteiger partial charge in [-0.15, -0.1) is 0 Å². The number of hydrogen-bond acceptors (Lipinski definition) is 4. The van der Waals surface area contributed by atoms with E-state index in [2.05, 4.69) is 5.32 Å². The molecule has 35 rings (SSSR count). The Labute approximate surface area is 429 Å². The van der Waals surface area contributed by atoms with Crippen molar-refractivity contribution in [3.05, 3.63) is 63.2 Å². The number of hydrogen-bond donors (Lipinski definition) is 3. The molecule has 0 saturated carbocycles. The Morgan fingerprint density at radius 3 is 0.962 bits per heavy atom. The van der Waals surface area contributed by atoms with Gasteiger partial charge >= 0.3 is 5.97 Å². The van der Waals surface area contributed by atoms with Crippen molar-refractivity contribution < 1.29 is 24.6 Å². The average Bonchev–Trinajstić information content (AvgIpc) is 1.62. The first-order valence-electron chi connectivity index (χ1n) is 28.3. The van der Waals surface area contributed by atoms with E-state index in [-0.39, 0.29) is 12.5 Å². The largest absolute Gasteiger partial charge is 0.480 e. The van der Waals surface area contributed by atoms with Crippen molar-refractivity contribution in [3.63, 3.8) is 0 Å². The van der Waals surface area contributed by atoms with Crippen molar-refractivity contribution in [2.75, 3.05) is 18.5 Å². The molecule has 0 saturated heterocycles. The number of aliphatic carboxylic acids is 1. The Morgan fingerprint density at radius 2 is 0.620 bits per heavy atom. The number of nitrogens with one attached hydrogen (secondary N) is 1. The predicted octanol–water partition coefficient (Wildman–Crippen LogP) is 15.5. The highest BCUT2D eigenvalue weighted by Gasteiger charge is 2.73. The highest BCUT2D eigenvalue weighted by molar-refractivity contribution is 6.81. The fraction of sp³-hybridized carbons (Fsp3) is 0.0694. The summed E-state index contributed by atoms with van der Waals surface area (Å²) in [5, 5.41) is 101. The number of carbonyl (C=O) groups is 3. The third-order valence-corrected chi connectivity index (χ3v) is 26.6. The number of fused-ring (bicyclic) bond motifs is 2. The molecule has 28 aromatic carbocycles. The molecule has 7 aliphatic rings. The number of carboxylic acids is 1. The van der Waals surface area contributed by atoms with Crippen LogP contribution in [0.4, 0.5) is 5.69 Å². The molecular weight excluding hydrogens is 973 g/mol. The smallest absolute Gasteiger partial charge is 0.328 e. The van der Waals surface area contributed by atoms with Crippen molar-refractivity contribution in [3.8, 4) is 0 Å². The minimum atomic E-state index is -1.28. The van der Waals surface area contributed by atoms with Gasteiger partial charge in [0, 0.05) is 17.8 Å². The summed E-state index contributed by atoms with van der Waals surface area (Å²) in [6.45, 7) is -0.447. The summed E-state index contributed by atoms with van der Waals surface area (Å²) in [4.78, 5) is 46.9. The summed E-state index contributed by atoms with van der Waals surface area (Å²) in [5.74, 6) is -1.80. The first-order valence-corrected chi connectivity index (χ1v) is 28.3. The Hall–Kier alpha value is -9.95. The van der Waals surface area contributed by atoms with Crippen LogP contribution in [-0.4, -0.2) is 52.1 Å². The van der Waals surface area contributed by atoms with Crippen LogP contribution in [0.25, 0.3) is 280 Å². The van der Waals surface area contributed by atoms with E-state index in [1.54, 1.807) is 29.7 Å². The first-order chi connectivity index (χ1) is 39.0. The molecule has 2 aliphatic heterocycles. The van der Waals surface area contributed by atoms with Gasteiger partial charge in [0.15, 0.2) is 0 Å². The van der Waals surface area contributed by atoms with Crippen LogP contribution in [-0.2, 0) is 20.4 Å². The van der Waals surface area contributed by atoms with Gasteiger partial charge in [-0.2, -0.15) is 0 Å². The Bertz CT molecular complexity index is 7950. The molecule has 7 nitrogen and oxygen atoms in total. The van der Waals surface area contributed by atoms with Crippen LogP contribution in [0.5, 0.6) is 0 Å². The monoisotopic (exact) mass is 984 g/mol. The molecule has 340 valence electrons. The maximum atomic E-state index is 16.6. The molecular formula is C72H12N2O5. The van der Waals surface area contributed by atoms with Crippen LogP contribution in [0.1, 0.15) is 43.7 Å². The number of carbonyl (C=O) groups excluding carboxylic acids is 2. The molecule has 0 aromatic heterocycles. The maximum Gasteiger partial charge on any atom is 0.328 e. The SMILES string of the molecule is O=C(CO)Nc1ccc(C(=O)N2CC34c5c6c7c8c9c%10c%11c%12c(c3c3c%13c4c4c%14c5c7c5c7c%14c%14c4c4c%13c%13c%15c3c%12c3c%12c%11c%11c9c9c8c5c5c7c7c%14c8c4c%13c4c(c%153)c3c%12c%11c%11c9c5c5c%11c3c4c8c75)C6%10C2C(=O)O)cc1. The molecule has 5 aliphatic carbocycles. The quantitative estimate of drug-likeness (QED) is 0.152. The van der Waals surface area contributed by atoms with Crippen molar-refractivity contribution in [2.24, 2.45) is 0 Å². The highest BCUT2D eigenvalue weighted by Crippen LogP contribution is 2.85. The van der Waals surface area contributed by atoms with Crippen LogP contribution < -0.4 is 5.32 Å². The van der Waals surface area contributed by atoms with Gasteiger partial charge in [0.2, 0.25) is 5.91 Å². The molecule has 2 bridgehead atoms. The summed E-state index contributed by atoms with van der Waals surface area (Å²) in [6.07, 6.45) is 0. The number of anilines is 1. The zero-order chi connectivity index (χ0) is 48.5. The molecule has 3 atom stereocenters. The molecule has 0 radical (unpaired) electrons. The Morgan fingerprint density at radius 1 is 0.367 bits per heavy atom. The fourth-order valence-corrected chi connectivity index (χ4v) is 26.3. The highest BCUT2D eigenvalue weighted by atomic mass is 16.4. The number of nitrogens with zero attached hydrogens (tertiary/aromatic N) is 1. The minimum absolute atomic E-state index is 0.210. The van der Waals surface area contributed by atoms with Gasteiger partial charge in [-0.25, -0.2) is 4.79 Å². The third kappa shape index (κ3) is 1.81. The summed E-state index contributed by atoms with van der Waals surface area (Å²) in [6, 6.07) is 5.65. The van der Waals surface area contributed by atoms with Crippen LogP contribution in [0.2, 0.25) is 0 Å². The van der Waals surface area contributed by atoms with Crippen LogP contribution in [0.15, 0.2) is 24.3 Å². The van der Waals surface area contributed by atoms with Gasteiger partial charge in [-0.1, -0.05) is 0 Å². The molecule has 3 unspecified atom stereocenters. The maximum absolute atomic E-state index is 16.6. The van der Waals surface area contributed by atoms with E-state index in [1.807, 2.05) is 4.90 Å². The number of aliphatic hydroxyl groups is 1. The number of aliphatic hydroxyl groups excluding tert-OH is 1. The second kappa shape index (κ2) is 7.35. The number of benzene rings is 18. The molecule has 2 heterocycles. The summed E-state index contributed by atoms with van der Waals surface area (Å²) >= 11 is 0. The number of carboxylic acid groups (broad SMARTS) is 1. The van der Waals surface area contributed by atoms with Crippen LogP contribution >= 0.6 is 0 Å².